The Hall–Kier alpha value is -1.55. The summed E-state index contributed by atoms with van der Waals surface area (Å²) in [6, 6.07) is 7.02. The minimum absolute atomic E-state index is 0.648. The predicted molar refractivity (Wildman–Crippen MR) is 57.0 cm³/mol. The average Bonchev–Trinajstić information content (AvgIpc) is 2.27. The molecule has 0 amide bonds. The molecule has 15 heavy (non-hydrogen) atoms. The molecule has 2 N–H and O–H groups in total. The summed E-state index contributed by atoms with van der Waals surface area (Å²) in [5.41, 5.74) is -0.425. The number of carboxylic acid groups (broad SMARTS) is 1. The maximum atomic E-state index is 11.1. The Bertz CT molecular complexity index is 365. The molecular weight excluding hydrogens is 194 g/mol. The van der Waals surface area contributed by atoms with Crippen molar-refractivity contribution >= 4 is 5.97 Å². The third-order valence-corrected chi connectivity index (χ3v) is 2.57. The van der Waals surface area contributed by atoms with Gasteiger partial charge in [0.05, 0.1) is 7.11 Å². The first-order valence-corrected chi connectivity index (χ1v) is 4.61. The Morgan fingerprint density at radius 1 is 1.53 bits per heavy atom. The zero-order valence-corrected chi connectivity index (χ0v) is 9.07. The Morgan fingerprint density at radius 3 is 2.67 bits per heavy atom. The van der Waals surface area contributed by atoms with Gasteiger partial charge in [0.25, 0.3) is 0 Å². The number of carbonyl (C=O) groups is 1. The number of ether oxygens (including phenoxy) is 1. The van der Waals surface area contributed by atoms with Crippen molar-refractivity contribution in [3.8, 4) is 5.75 Å². The number of benzene rings is 1. The maximum Gasteiger partial charge on any atom is 0.328 e. The smallest absolute Gasteiger partial charge is 0.328 e. The standard InChI is InChI=1S/C11H15NO3/c1-11(12-2,10(13)14)8-5-4-6-9(7-8)15-3/h4-7,12H,1-3H3,(H,13,14)/t11-/m0/s1. The van der Waals surface area contributed by atoms with Gasteiger partial charge >= 0.3 is 5.97 Å². The van der Waals surface area contributed by atoms with Crippen LogP contribution in [0.25, 0.3) is 0 Å². The van der Waals surface area contributed by atoms with Crippen LogP contribution in [-0.2, 0) is 10.3 Å². The topological polar surface area (TPSA) is 58.6 Å². The number of carboxylic acids is 1. The minimum atomic E-state index is -1.09. The molecule has 1 aromatic carbocycles. The lowest BCUT2D eigenvalue weighted by Gasteiger charge is -2.24. The highest BCUT2D eigenvalue weighted by Crippen LogP contribution is 2.24. The summed E-state index contributed by atoms with van der Waals surface area (Å²) in [4.78, 5) is 11.1. The first-order chi connectivity index (χ1) is 7.04. The number of likely N-dealkylation sites (N-methyl/N-ethyl adjacent to an activating group) is 1. The summed E-state index contributed by atoms with van der Waals surface area (Å²) in [5, 5.41) is 11.9. The fourth-order valence-electron chi connectivity index (χ4n) is 1.31. The number of nitrogens with one attached hydrogen (secondary N) is 1. The van der Waals surface area contributed by atoms with Crippen LogP contribution in [-0.4, -0.2) is 25.2 Å². The monoisotopic (exact) mass is 209 g/mol. The van der Waals surface area contributed by atoms with E-state index in [1.165, 1.54) is 0 Å². The van der Waals surface area contributed by atoms with E-state index in [4.69, 9.17) is 9.84 Å². The third-order valence-electron chi connectivity index (χ3n) is 2.57. The molecule has 1 rings (SSSR count). The molecule has 0 aliphatic carbocycles. The van der Waals surface area contributed by atoms with E-state index in [2.05, 4.69) is 5.32 Å². The molecule has 4 heteroatoms. The summed E-state index contributed by atoms with van der Waals surface area (Å²) < 4.78 is 5.05. The Morgan fingerprint density at radius 2 is 2.20 bits per heavy atom. The van der Waals surface area contributed by atoms with E-state index in [1.54, 1.807) is 45.3 Å². The SMILES string of the molecule is CN[C@](C)(C(=O)O)c1cccc(OC)c1. The van der Waals surface area contributed by atoms with Crippen molar-refractivity contribution in [2.24, 2.45) is 0 Å². The summed E-state index contributed by atoms with van der Waals surface area (Å²) in [6.07, 6.45) is 0. The lowest BCUT2D eigenvalue weighted by molar-refractivity contribution is -0.144. The van der Waals surface area contributed by atoms with E-state index >= 15 is 0 Å². The van der Waals surface area contributed by atoms with Crippen LogP contribution in [0.15, 0.2) is 24.3 Å². The zero-order valence-electron chi connectivity index (χ0n) is 9.07. The van der Waals surface area contributed by atoms with Gasteiger partial charge in [-0.2, -0.15) is 0 Å². The van der Waals surface area contributed by atoms with Crippen LogP contribution in [0.3, 0.4) is 0 Å². The second kappa shape index (κ2) is 4.31. The number of hydrogen-bond acceptors (Lipinski definition) is 3. The van der Waals surface area contributed by atoms with Crippen LogP contribution in [0.4, 0.5) is 0 Å². The second-order valence-corrected chi connectivity index (χ2v) is 3.41. The van der Waals surface area contributed by atoms with Crippen LogP contribution < -0.4 is 10.1 Å². The molecule has 0 spiro atoms. The van der Waals surface area contributed by atoms with Crippen molar-refractivity contribution in [2.45, 2.75) is 12.5 Å². The lowest BCUT2D eigenvalue weighted by Crippen LogP contribution is -2.44. The van der Waals surface area contributed by atoms with Crippen LogP contribution in [0.1, 0.15) is 12.5 Å². The summed E-state index contributed by atoms with van der Waals surface area (Å²) in [6.45, 7) is 1.62. The molecule has 0 aliphatic heterocycles. The fourth-order valence-corrected chi connectivity index (χ4v) is 1.31. The molecule has 0 saturated carbocycles. The van der Waals surface area contributed by atoms with Gasteiger partial charge in [-0.25, -0.2) is 4.79 Å². The highest BCUT2D eigenvalue weighted by Gasteiger charge is 2.33. The highest BCUT2D eigenvalue weighted by molar-refractivity contribution is 5.80. The molecule has 4 nitrogen and oxygen atoms in total. The highest BCUT2D eigenvalue weighted by atomic mass is 16.5. The number of methoxy groups -OCH3 is 1. The van der Waals surface area contributed by atoms with Gasteiger partial charge in [0, 0.05) is 0 Å². The van der Waals surface area contributed by atoms with Crippen molar-refractivity contribution in [1.29, 1.82) is 0 Å². The normalized spacial score (nSPS) is 14.3. The molecule has 0 bridgehead atoms. The molecule has 0 aromatic heterocycles. The van der Waals surface area contributed by atoms with E-state index in [-0.39, 0.29) is 0 Å². The van der Waals surface area contributed by atoms with Gasteiger partial charge in [0.15, 0.2) is 0 Å². The second-order valence-electron chi connectivity index (χ2n) is 3.41. The van der Waals surface area contributed by atoms with Crippen molar-refractivity contribution in [1.82, 2.24) is 5.32 Å². The average molecular weight is 209 g/mol. The van der Waals surface area contributed by atoms with Gasteiger partial charge in [0.2, 0.25) is 0 Å². The molecule has 82 valence electrons. The van der Waals surface area contributed by atoms with E-state index in [1.807, 2.05) is 0 Å². The van der Waals surface area contributed by atoms with E-state index in [0.29, 0.717) is 11.3 Å². The minimum Gasteiger partial charge on any atom is -0.497 e. The molecule has 0 heterocycles. The van der Waals surface area contributed by atoms with Crippen LogP contribution in [0, 0.1) is 0 Å². The van der Waals surface area contributed by atoms with Gasteiger partial charge in [-0.3, -0.25) is 0 Å². The Kier molecular flexibility index (Phi) is 3.31. The van der Waals surface area contributed by atoms with E-state index in [0.717, 1.165) is 0 Å². The number of rotatable bonds is 4. The molecule has 1 aromatic rings. The molecular formula is C11H15NO3. The lowest BCUT2D eigenvalue weighted by atomic mass is 9.92. The molecule has 1 atom stereocenters. The van der Waals surface area contributed by atoms with Gasteiger partial charge in [-0.15, -0.1) is 0 Å². The maximum absolute atomic E-state index is 11.1. The Labute approximate surface area is 88.9 Å². The first-order valence-electron chi connectivity index (χ1n) is 4.61. The quantitative estimate of drug-likeness (QED) is 0.782. The molecule has 0 unspecified atom stereocenters. The predicted octanol–water partition coefficient (Wildman–Crippen LogP) is 1.21. The van der Waals surface area contributed by atoms with Crippen molar-refractivity contribution in [3.05, 3.63) is 29.8 Å². The fraction of sp³-hybridized carbons (Fsp3) is 0.364. The van der Waals surface area contributed by atoms with Gasteiger partial charge in [-0.1, -0.05) is 12.1 Å². The Balaban J connectivity index is 3.18. The summed E-state index contributed by atoms with van der Waals surface area (Å²) in [7, 11) is 3.17. The van der Waals surface area contributed by atoms with Crippen molar-refractivity contribution < 1.29 is 14.6 Å². The van der Waals surface area contributed by atoms with E-state index in [9.17, 15) is 4.79 Å². The summed E-state index contributed by atoms with van der Waals surface area (Å²) >= 11 is 0. The first kappa shape index (κ1) is 11.5. The van der Waals surface area contributed by atoms with Crippen LogP contribution in [0.2, 0.25) is 0 Å². The van der Waals surface area contributed by atoms with Gasteiger partial charge in [0.1, 0.15) is 11.3 Å². The largest absolute Gasteiger partial charge is 0.497 e. The molecule has 0 fully saturated rings. The van der Waals surface area contributed by atoms with Crippen molar-refractivity contribution in [3.63, 3.8) is 0 Å². The summed E-state index contributed by atoms with van der Waals surface area (Å²) in [5.74, 6) is -0.270. The molecule has 0 radical (unpaired) electrons. The zero-order chi connectivity index (χ0) is 11.5. The number of aliphatic carboxylic acids is 1. The van der Waals surface area contributed by atoms with Gasteiger partial charge < -0.3 is 15.2 Å². The van der Waals surface area contributed by atoms with Crippen LogP contribution >= 0.6 is 0 Å². The molecule has 0 saturated heterocycles. The van der Waals surface area contributed by atoms with Crippen molar-refractivity contribution in [2.75, 3.05) is 14.2 Å². The molecule has 0 aliphatic rings. The van der Waals surface area contributed by atoms with E-state index < -0.39 is 11.5 Å². The number of hydrogen-bond donors (Lipinski definition) is 2. The third kappa shape index (κ3) is 2.10. The van der Waals surface area contributed by atoms with Crippen LogP contribution in [0.5, 0.6) is 5.75 Å². The van der Waals surface area contributed by atoms with Gasteiger partial charge in [-0.05, 0) is 31.7 Å².